The van der Waals surface area contributed by atoms with E-state index in [1.807, 2.05) is 24.3 Å². The van der Waals surface area contributed by atoms with Crippen molar-refractivity contribution in [3.8, 4) is 0 Å². The summed E-state index contributed by atoms with van der Waals surface area (Å²) in [5.41, 5.74) is 0. The summed E-state index contributed by atoms with van der Waals surface area (Å²) in [5, 5.41) is 0. The zero-order valence-corrected chi connectivity index (χ0v) is 40.8. The molecule has 0 aromatic carbocycles. The van der Waals surface area contributed by atoms with Crippen molar-refractivity contribution in [3.63, 3.8) is 0 Å². The Balaban J connectivity index is 4.48. The number of rotatable bonds is 45. The van der Waals surface area contributed by atoms with Gasteiger partial charge in [-0.3, -0.25) is 14.4 Å². The van der Waals surface area contributed by atoms with E-state index in [0.29, 0.717) is 19.3 Å². The van der Waals surface area contributed by atoms with Crippen LogP contribution in [0, 0.1) is 0 Å². The molecular weight excluding hydrogens is 781 g/mol. The van der Waals surface area contributed by atoms with Crippen LogP contribution >= 0.6 is 0 Å². The Bertz CT molecular complexity index is 1280. The molecule has 0 saturated heterocycles. The first-order chi connectivity index (χ1) is 31.0. The van der Waals surface area contributed by atoms with Crippen LogP contribution in [0.5, 0.6) is 0 Å². The van der Waals surface area contributed by atoms with E-state index < -0.39 is 6.10 Å². The van der Waals surface area contributed by atoms with Crippen LogP contribution in [0.4, 0.5) is 0 Å². The second-order valence-electron chi connectivity index (χ2n) is 16.8. The summed E-state index contributed by atoms with van der Waals surface area (Å²) in [7, 11) is 0. The van der Waals surface area contributed by atoms with Gasteiger partial charge in [-0.1, -0.05) is 234 Å². The van der Waals surface area contributed by atoms with Crippen molar-refractivity contribution >= 4 is 17.9 Å². The Morgan fingerprint density at radius 1 is 0.349 bits per heavy atom. The highest BCUT2D eigenvalue weighted by atomic mass is 16.6. The van der Waals surface area contributed by atoms with Gasteiger partial charge in [-0.2, -0.15) is 0 Å². The van der Waals surface area contributed by atoms with Gasteiger partial charge in [0.1, 0.15) is 13.2 Å². The number of unbranched alkanes of at least 4 members (excludes halogenated alkanes) is 22. The smallest absolute Gasteiger partial charge is 0.306 e. The first-order valence-electron chi connectivity index (χ1n) is 25.8. The number of carbonyl (C=O) groups is 3. The van der Waals surface area contributed by atoms with E-state index in [1.54, 1.807) is 0 Å². The van der Waals surface area contributed by atoms with Crippen LogP contribution in [0.2, 0.25) is 0 Å². The van der Waals surface area contributed by atoms with Crippen LogP contribution in [0.25, 0.3) is 0 Å². The maximum absolute atomic E-state index is 12.8. The molecule has 0 aliphatic carbocycles. The molecule has 6 heteroatoms. The number of carbonyl (C=O) groups excluding carboxylic acids is 3. The predicted octanol–water partition coefficient (Wildman–Crippen LogP) is 17.0. The molecule has 0 amide bonds. The minimum Gasteiger partial charge on any atom is -0.462 e. The third kappa shape index (κ3) is 49.2. The molecule has 0 N–H and O–H groups in total. The molecule has 0 fully saturated rings. The number of ether oxygens (including phenoxy) is 3. The second kappa shape index (κ2) is 51.0. The van der Waals surface area contributed by atoms with E-state index >= 15 is 0 Å². The van der Waals surface area contributed by atoms with Crippen LogP contribution in [0.15, 0.2) is 97.2 Å². The van der Waals surface area contributed by atoms with Gasteiger partial charge >= 0.3 is 17.9 Å². The number of allylic oxidation sites excluding steroid dienone is 16. The third-order valence-electron chi connectivity index (χ3n) is 10.7. The summed E-state index contributed by atoms with van der Waals surface area (Å²) in [6.45, 7) is 6.39. The molecule has 6 nitrogen and oxygen atoms in total. The zero-order valence-electron chi connectivity index (χ0n) is 40.8. The van der Waals surface area contributed by atoms with Crippen molar-refractivity contribution in [2.24, 2.45) is 0 Å². The van der Waals surface area contributed by atoms with Crippen molar-refractivity contribution in [1.82, 2.24) is 0 Å². The maximum atomic E-state index is 12.8. The first kappa shape index (κ1) is 59.3. The Kier molecular flexibility index (Phi) is 48.0. The molecule has 0 aliphatic rings. The molecule has 0 saturated carbocycles. The van der Waals surface area contributed by atoms with Gasteiger partial charge in [0.25, 0.3) is 0 Å². The van der Waals surface area contributed by atoms with Gasteiger partial charge < -0.3 is 14.2 Å². The van der Waals surface area contributed by atoms with Crippen LogP contribution in [0.1, 0.15) is 226 Å². The number of hydrogen-bond donors (Lipinski definition) is 0. The Morgan fingerprint density at radius 2 is 0.714 bits per heavy atom. The lowest BCUT2D eigenvalue weighted by Gasteiger charge is -2.18. The number of esters is 3. The summed E-state index contributed by atoms with van der Waals surface area (Å²) in [6.07, 6.45) is 66.6. The van der Waals surface area contributed by atoms with Crippen molar-refractivity contribution in [1.29, 1.82) is 0 Å². The first-order valence-corrected chi connectivity index (χ1v) is 25.8. The van der Waals surface area contributed by atoms with E-state index in [-0.39, 0.29) is 31.1 Å². The molecule has 0 aromatic heterocycles. The summed E-state index contributed by atoms with van der Waals surface area (Å²) in [5.74, 6) is -0.945. The lowest BCUT2D eigenvalue weighted by Crippen LogP contribution is -2.30. The van der Waals surface area contributed by atoms with E-state index in [9.17, 15) is 14.4 Å². The molecule has 0 bridgehead atoms. The summed E-state index contributed by atoms with van der Waals surface area (Å²) in [4.78, 5) is 38.0. The summed E-state index contributed by atoms with van der Waals surface area (Å²) < 4.78 is 16.8. The monoisotopic (exact) mass is 875 g/mol. The van der Waals surface area contributed by atoms with Crippen molar-refractivity contribution in [3.05, 3.63) is 97.2 Å². The number of hydrogen-bond acceptors (Lipinski definition) is 6. The lowest BCUT2D eigenvalue weighted by molar-refractivity contribution is -0.167. The third-order valence-corrected chi connectivity index (χ3v) is 10.7. The molecule has 0 heterocycles. The van der Waals surface area contributed by atoms with Gasteiger partial charge in [-0.15, -0.1) is 0 Å². The van der Waals surface area contributed by atoms with Gasteiger partial charge in [0.2, 0.25) is 0 Å². The summed E-state index contributed by atoms with van der Waals surface area (Å²) >= 11 is 0. The average molecular weight is 875 g/mol. The fraction of sp³-hybridized carbons (Fsp3) is 0.667. The highest BCUT2D eigenvalue weighted by Gasteiger charge is 2.19. The Morgan fingerprint density at radius 3 is 1.17 bits per heavy atom. The average Bonchev–Trinajstić information content (AvgIpc) is 3.28. The maximum Gasteiger partial charge on any atom is 0.306 e. The molecular formula is C57H94O6. The van der Waals surface area contributed by atoms with E-state index in [1.165, 1.54) is 70.6 Å². The highest BCUT2D eigenvalue weighted by molar-refractivity contribution is 5.71. The van der Waals surface area contributed by atoms with Crippen molar-refractivity contribution < 1.29 is 28.6 Å². The van der Waals surface area contributed by atoms with Crippen molar-refractivity contribution in [2.45, 2.75) is 232 Å². The topological polar surface area (TPSA) is 78.9 Å². The molecule has 358 valence electrons. The van der Waals surface area contributed by atoms with Gasteiger partial charge in [0.05, 0.1) is 0 Å². The van der Waals surface area contributed by atoms with Gasteiger partial charge in [-0.25, -0.2) is 0 Å². The molecule has 0 aliphatic heterocycles. The van der Waals surface area contributed by atoms with Gasteiger partial charge in [0, 0.05) is 19.3 Å². The Hall–Kier alpha value is -3.67. The normalized spacial score (nSPS) is 12.9. The van der Waals surface area contributed by atoms with Crippen LogP contribution in [-0.2, 0) is 28.6 Å². The minimum atomic E-state index is -0.799. The van der Waals surface area contributed by atoms with Crippen LogP contribution < -0.4 is 0 Å². The largest absolute Gasteiger partial charge is 0.462 e. The van der Waals surface area contributed by atoms with E-state index in [4.69, 9.17) is 14.2 Å². The highest BCUT2D eigenvalue weighted by Crippen LogP contribution is 2.14. The van der Waals surface area contributed by atoms with Gasteiger partial charge in [0.15, 0.2) is 6.10 Å². The molecule has 0 radical (unpaired) electrons. The van der Waals surface area contributed by atoms with Crippen molar-refractivity contribution in [2.75, 3.05) is 13.2 Å². The molecule has 1 atom stereocenters. The van der Waals surface area contributed by atoms with Gasteiger partial charge in [-0.05, 0) is 70.6 Å². The SMILES string of the molecule is CC/C=C\C/C=C\C/C=C\CCCCCCC(=O)OC(COC(=O)CCCCCCC\C=C/C=C\C=C/C=C\C=C/CCC)COC(=O)CCCCCCCCCCCCCCC. The molecule has 0 aromatic rings. The fourth-order valence-corrected chi connectivity index (χ4v) is 6.84. The van der Waals surface area contributed by atoms with Crippen LogP contribution in [-0.4, -0.2) is 37.2 Å². The fourth-order valence-electron chi connectivity index (χ4n) is 6.84. The molecule has 63 heavy (non-hydrogen) atoms. The second-order valence-corrected chi connectivity index (χ2v) is 16.8. The minimum absolute atomic E-state index is 0.0947. The quantitative estimate of drug-likeness (QED) is 0.0199. The van der Waals surface area contributed by atoms with E-state index in [2.05, 4.69) is 93.7 Å². The lowest BCUT2D eigenvalue weighted by atomic mass is 10.0. The standard InChI is InChI=1S/C57H94O6/c1-4-7-10-13-16-19-22-25-27-28-29-30-33-35-38-41-44-47-50-56(59)62-53-54(52-61-55(58)49-46-43-40-37-34-31-24-21-18-15-12-9-6-3)63-57(60)51-48-45-42-39-36-32-26-23-20-17-14-11-8-5-2/h8,10-11,13,16-17,19-20,22,25-30,32,54H,4-7,9,12,14-15,18,21,23-24,31,33-53H2,1-3H3/b11-8-,13-10-,19-16-,20-17-,25-22-,28-27-,30-29-,32-26-. The summed E-state index contributed by atoms with van der Waals surface area (Å²) in [6, 6.07) is 0. The van der Waals surface area contributed by atoms with E-state index in [0.717, 1.165) is 116 Å². The molecule has 0 rings (SSSR count). The predicted molar refractivity (Wildman–Crippen MR) is 270 cm³/mol. The molecule has 0 spiro atoms. The Labute approximate surface area is 387 Å². The molecule has 1 unspecified atom stereocenters. The zero-order chi connectivity index (χ0) is 45.8. The van der Waals surface area contributed by atoms with Crippen LogP contribution in [0.3, 0.4) is 0 Å².